The van der Waals surface area contributed by atoms with Crippen molar-refractivity contribution >= 4 is 16.9 Å². The van der Waals surface area contributed by atoms with E-state index in [2.05, 4.69) is 11.1 Å². The second-order valence-electron chi connectivity index (χ2n) is 5.01. The molecule has 4 heteroatoms. The Hall–Kier alpha value is -1.81. The lowest BCUT2D eigenvalue weighted by molar-refractivity contribution is -0.138. The topological polar surface area (TPSA) is 79.1 Å². The van der Waals surface area contributed by atoms with Gasteiger partial charge in [0.1, 0.15) is 6.04 Å². The van der Waals surface area contributed by atoms with Crippen LogP contribution in [-0.2, 0) is 11.2 Å². The molecule has 0 aliphatic heterocycles. The summed E-state index contributed by atoms with van der Waals surface area (Å²) < 4.78 is 0. The van der Waals surface area contributed by atoms with Gasteiger partial charge in [-0.2, -0.15) is 0 Å². The van der Waals surface area contributed by atoms with Gasteiger partial charge in [0.25, 0.3) is 0 Å². The lowest BCUT2D eigenvalue weighted by Crippen LogP contribution is -2.32. The van der Waals surface area contributed by atoms with Crippen LogP contribution in [-0.4, -0.2) is 22.1 Å². The number of nitrogens with two attached hydrogens (primary N) is 1. The van der Waals surface area contributed by atoms with Crippen LogP contribution >= 0.6 is 0 Å². The molecule has 18 heavy (non-hydrogen) atoms. The minimum atomic E-state index is -0.956. The average molecular weight is 244 g/mol. The summed E-state index contributed by atoms with van der Waals surface area (Å²) in [7, 11) is 0. The highest BCUT2D eigenvalue weighted by Crippen LogP contribution is 2.43. The number of hydrogen-bond donors (Lipinski definition) is 3. The van der Waals surface area contributed by atoms with Gasteiger partial charge in [-0.1, -0.05) is 18.2 Å². The number of para-hydroxylation sites is 1. The monoisotopic (exact) mass is 244 g/mol. The van der Waals surface area contributed by atoms with Crippen molar-refractivity contribution in [2.45, 2.75) is 31.2 Å². The minimum absolute atomic E-state index is 0.365. The van der Waals surface area contributed by atoms with Crippen LogP contribution in [0.1, 0.15) is 29.9 Å². The van der Waals surface area contributed by atoms with Crippen LogP contribution in [0.4, 0.5) is 0 Å². The van der Waals surface area contributed by atoms with Crippen molar-refractivity contribution in [2.75, 3.05) is 0 Å². The molecule has 4 nitrogen and oxygen atoms in total. The van der Waals surface area contributed by atoms with E-state index in [1.165, 1.54) is 18.4 Å². The number of hydrogen-bond acceptors (Lipinski definition) is 2. The average Bonchev–Trinajstić information content (AvgIpc) is 3.12. The highest BCUT2D eigenvalue weighted by molar-refractivity contribution is 5.87. The fourth-order valence-corrected chi connectivity index (χ4v) is 2.46. The van der Waals surface area contributed by atoms with Crippen molar-refractivity contribution in [3.05, 3.63) is 35.5 Å². The van der Waals surface area contributed by atoms with Gasteiger partial charge in [0.05, 0.1) is 0 Å². The second-order valence-corrected chi connectivity index (χ2v) is 5.01. The third-order valence-electron chi connectivity index (χ3n) is 3.61. The Morgan fingerprint density at radius 2 is 2.28 bits per heavy atom. The van der Waals surface area contributed by atoms with Crippen LogP contribution in [0.15, 0.2) is 24.4 Å². The molecule has 94 valence electrons. The predicted molar refractivity (Wildman–Crippen MR) is 69.6 cm³/mol. The summed E-state index contributed by atoms with van der Waals surface area (Å²) in [6.07, 6.45) is 4.76. The summed E-state index contributed by atoms with van der Waals surface area (Å²) >= 11 is 0. The Kier molecular flexibility index (Phi) is 2.59. The number of rotatable bonds is 4. The molecule has 1 aromatic heterocycles. The summed E-state index contributed by atoms with van der Waals surface area (Å²) in [4.78, 5) is 14.1. The molecule has 2 aromatic rings. The van der Waals surface area contributed by atoms with Crippen LogP contribution in [0.5, 0.6) is 0 Å². The van der Waals surface area contributed by atoms with Gasteiger partial charge in [0.2, 0.25) is 0 Å². The molecule has 1 aromatic carbocycles. The van der Waals surface area contributed by atoms with Gasteiger partial charge in [-0.15, -0.1) is 0 Å². The Morgan fingerprint density at radius 1 is 1.50 bits per heavy atom. The molecular weight excluding hydrogens is 228 g/mol. The second kappa shape index (κ2) is 4.14. The van der Waals surface area contributed by atoms with E-state index in [1.807, 2.05) is 18.3 Å². The number of aromatic nitrogens is 1. The Morgan fingerprint density at radius 3 is 2.94 bits per heavy atom. The van der Waals surface area contributed by atoms with Crippen molar-refractivity contribution in [1.82, 2.24) is 4.98 Å². The zero-order valence-corrected chi connectivity index (χ0v) is 10.0. The maximum Gasteiger partial charge on any atom is 0.320 e. The quantitative estimate of drug-likeness (QED) is 0.769. The number of nitrogens with one attached hydrogen (secondary N) is 1. The highest BCUT2D eigenvalue weighted by atomic mass is 16.4. The first kappa shape index (κ1) is 11.3. The number of H-pyrrole nitrogens is 1. The van der Waals surface area contributed by atoms with Gasteiger partial charge in [-0.3, -0.25) is 4.79 Å². The number of carboxylic acids is 1. The molecular formula is C14H16N2O2. The zero-order valence-electron chi connectivity index (χ0n) is 10.0. The van der Waals surface area contributed by atoms with Gasteiger partial charge in [0.15, 0.2) is 0 Å². The molecule has 0 saturated heterocycles. The summed E-state index contributed by atoms with van der Waals surface area (Å²) in [5.74, 6) is -0.281. The molecule has 1 heterocycles. The number of benzene rings is 1. The Labute approximate surface area is 105 Å². The summed E-state index contributed by atoms with van der Waals surface area (Å²) in [6, 6.07) is 5.38. The van der Waals surface area contributed by atoms with Gasteiger partial charge in [-0.05, 0) is 29.9 Å². The fourth-order valence-electron chi connectivity index (χ4n) is 2.46. The number of carbonyl (C=O) groups is 1. The molecule has 3 rings (SSSR count). The van der Waals surface area contributed by atoms with Crippen molar-refractivity contribution in [3.63, 3.8) is 0 Å². The number of aromatic amines is 1. The third-order valence-corrected chi connectivity index (χ3v) is 3.61. The number of fused-ring (bicyclic) bond motifs is 1. The molecule has 0 bridgehead atoms. The first-order valence-electron chi connectivity index (χ1n) is 6.24. The van der Waals surface area contributed by atoms with Crippen molar-refractivity contribution in [2.24, 2.45) is 5.73 Å². The van der Waals surface area contributed by atoms with Crippen molar-refractivity contribution < 1.29 is 9.90 Å². The Bertz CT molecular complexity index is 599. The highest BCUT2D eigenvalue weighted by Gasteiger charge is 2.26. The van der Waals surface area contributed by atoms with Gasteiger partial charge in [0, 0.05) is 23.5 Å². The van der Waals surface area contributed by atoms with E-state index < -0.39 is 12.0 Å². The smallest absolute Gasteiger partial charge is 0.320 e. The van der Waals surface area contributed by atoms with Gasteiger partial charge >= 0.3 is 5.97 Å². The third kappa shape index (κ3) is 1.88. The largest absolute Gasteiger partial charge is 0.480 e. The molecule has 0 spiro atoms. The van der Waals surface area contributed by atoms with E-state index in [9.17, 15) is 4.79 Å². The van der Waals surface area contributed by atoms with E-state index in [-0.39, 0.29) is 0 Å². The molecule has 1 fully saturated rings. The maximum atomic E-state index is 10.8. The van der Waals surface area contributed by atoms with E-state index in [1.54, 1.807) is 0 Å². The summed E-state index contributed by atoms with van der Waals surface area (Å²) in [6.45, 7) is 0. The molecule has 0 unspecified atom stereocenters. The van der Waals surface area contributed by atoms with E-state index in [4.69, 9.17) is 10.8 Å². The van der Waals surface area contributed by atoms with Crippen LogP contribution in [0.2, 0.25) is 0 Å². The van der Waals surface area contributed by atoms with Gasteiger partial charge in [-0.25, -0.2) is 0 Å². The van der Waals surface area contributed by atoms with E-state index in [0.717, 1.165) is 16.5 Å². The van der Waals surface area contributed by atoms with Crippen LogP contribution in [0, 0.1) is 0 Å². The summed E-state index contributed by atoms with van der Waals surface area (Å²) in [5.41, 5.74) is 9.08. The normalized spacial score (nSPS) is 16.9. The molecule has 1 aliphatic carbocycles. The van der Waals surface area contributed by atoms with E-state index >= 15 is 0 Å². The molecule has 4 N–H and O–H groups in total. The van der Waals surface area contributed by atoms with Crippen LogP contribution in [0.25, 0.3) is 10.9 Å². The molecule has 0 radical (unpaired) electrons. The maximum absolute atomic E-state index is 10.8. The lowest BCUT2D eigenvalue weighted by Gasteiger charge is -2.05. The first-order valence-corrected chi connectivity index (χ1v) is 6.24. The minimum Gasteiger partial charge on any atom is -0.480 e. The molecule has 1 aliphatic rings. The van der Waals surface area contributed by atoms with Crippen molar-refractivity contribution in [3.8, 4) is 0 Å². The molecule has 1 atom stereocenters. The van der Waals surface area contributed by atoms with Crippen LogP contribution < -0.4 is 5.73 Å². The lowest BCUT2D eigenvalue weighted by atomic mass is 10.0. The Balaban J connectivity index is 1.99. The van der Waals surface area contributed by atoms with Crippen molar-refractivity contribution in [1.29, 1.82) is 0 Å². The molecule has 0 amide bonds. The molecule has 1 saturated carbocycles. The first-order chi connectivity index (χ1) is 8.66. The standard InChI is InChI=1S/C14H16N2O2/c15-12(14(17)18)6-9-7-16-13-10(8-4-5-8)2-1-3-11(9)13/h1-3,7-8,12,16H,4-6,15H2,(H,17,18)/t12-/m0/s1. The predicted octanol–water partition coefficient (Wildman–Crippen LogP) is 2.00. The SMILES string of the molecule is N[C@@H](Cc1c[nH]c2c(C3CC3)cccc12)C(=O)O. The summed E-state index contributed by atoms with van der Waals surface area (Å²) in [5, 5.41) is 9.98. The number of aliphatic carboxylic acids is 1. The van der Waals surface area contributed by atoms with E-state index in [0.29, 0.717) is 12.3 Å². The zero-order chi connectivity index (χ0) is 12.7. The fraction of sp³-hybridized carbons (Fsp3) is 0.357. The number of carboxylic acid groups (broad SMARTS) is 1. The van der Waals surface area contributed by atoms with Crippen LogP contribution in [0.3, 0.4) is 0 Å². The van der Waals surface area contributed by atoms with Gasteiger partial charge < -0.3 is 15.8 Å².